The molecule has 1 atom stereocenters. The molecule has 0 aromatic heterocycles. The first-order valence-corrected chi connectivity index (χ1v) is 7.59. The van der Waals surface area contributed by atoms with E-state index in [1.165, 1.54) is 43.5 Å². The molecule has 2 heterocycles. The molecule has 104 valence electrons. The van der Waals surface area contributed by atoms with Gasteiger partial charge in [-0.25, -0.2) is 0 Å². The molecule has 0 saturated carbocycles. The van der Waals surface area contributed by atoms with Crippen LogP contribution in [-0.2, 0) is 6.54 Å². The highest BCUT2D eigenvalue weighted by Gasteiger charge is 2.26. The van der Waals surface area contributed by atoms with Gasteiger partial charge in [-0.2, -0.15) is 0 Å². The lowest BCUT2D eigenvalue weighted by atomic mass is 9.94. The quantitative estimate of drug-likeness (QED) is 0.904. The summed E-state index contributed by atoms with van der Waals surface area (Å²) in [6.45, 7) is 7.33. The minimum absolute atomic E-state index is 0.555. The fourth-order valence-electron chi connectivity index (χ4n) is 3.33. The fraction of sp³-hybridized carbons (Fsp3) is 0.625. The van der Waals surface area contributed by atoms with Crippen molar-refractivity contribution >= 4 is 0 Å². The molecule has 3 nitrogen and oxygen atoms in total. The lowest BCUT2D eigenvalue weighted by Crippen LogP contribution is -2.42. The SMILES string of the molecule is CCOc1ccc2c(c1)CNC[C@H]2N1CCCCC1. The summed E-state index contributed by atoms with van der Waals surface area (Å²) in [6, 6.07) is 7.17. The van der Waals surface area contributed by atoms with E-state index in [2.05, 4.69) is 28.4 Å². The van der Waals surface area contributed by atoms with E-state index in [9.17, 15) is 0 Å². The van der Waals surface area contributed by atoms with Crippen molar-refractivity contribution in [2.24, 2.45) is 0 Å². The Morgan fingerprint density at radius 2 is 2.11 bits per heavy atom. The number of likely N-dealkylation sites (tertiary alicyclic amines) is 1. The molecule has 1 saturated heterocycles. The first kappa shape index (κ1) is 12.9. The molecule has 1 fully saturated rings. The maximum absolute atomic E-state index is 5.61. The Hall–Kier alpha value is -1.06. The molecule has 2 aliphatic rings. The van der Waals surface area contributed by atoms with Gasteiger partial charge in [0.1, 0.15) is 5.75 Å². The van der Waals surface area contributed by atoms with E-state index < -0.39 is 0 Å². The summed E-state index contributed by atoms with van der Waals surface area (Å²) in [7, 11) is 0. The summed E-state index contributed by atoms with van der Waals surface area (Å²) in [4.78, 5) is 2.65. The van der Waals surface area contributed by atoms with Crippen LogP contribution in [0.4, 0.5) is 0 Å². The maximum atomic E-state index is 5.61. The maximum Gasteiger partial charge on any atom is 0.119 e. The molecular weight excluding hydrogens is 236 g/mol. The number of piperidine rings is 1. The van der Waals surface area contributed by atoms with Crippen molar-refractivity contribution in [3.05, 3.63) is 29.3 Å². The Bertz CT molecular complexity index is 427. The van der Waals surface area contributed by atoms with Gasteiger partial charge in [-0.05, 0) is 56.1 Å². The molecule has 0 radical (unpaired) electrons. The third-order valence-electron chi connectivity index (χ3n) is 4.27. The number of nitrogens with one attached hydrogen (secondary N) is 1. The van der Waals surface area contributed by atoms with Crippen LogP contribution in [0.5, 0.6) is 5.75 Å². The Labute approximate surface area is 115 Å². The van der Waals surface area contributed by atoms with Crippen molar-refractivity contribution in [2.75, 3.05) is 26.2 Å². The van der Waals surface area contributed by atoms with E-state index in [-0.39, 0.29) is 0 Å². The van der Waals surface area contributed by atoms with E-state index in [4.69, 9.17) is 4.74 Å². The molecule has 3 rings (SSSR count). The molecular formula is C16H24N2O. The monoisotopic (exact) mass is 260 g/mol. The van der Waals surface area contributed by atoms with Crippen LogP contribution in [0.25, 0.3) is 0 Å². The van der Waals surface area contributed by atoms with Crippen LogP contribution >= 0.6 is 0 Å². The Balaban J connectivity index is 1.82. The molecule has 0 spiro atoms. The van der Waals surface area contributed by atoms with Crippen molar-refractivity contribution < 1.29 is 4.74 Å². The number of benzene rings is 1. The van der Waals surface area contributed by atoms with E-state index in [1.807, 2.05) is 6.92 Å². The van der Waals surface area contributed by atoms with Crippen LogP contribution < -0.4 is 10.1 Å². The zero-order chi connectivity index (χ0) is 13.1. The average molecular weight is 260 g/mol. The number of ether oxygens (including phenoxy) is 1. The lowest BCUT2D eigenvalue weighted by molar-refractivity contribution is 0.154. The van der Waals surface area contributed by atoms with Gasteiger partial charge in [0, 0.05) is 19.1 Å². The predicted octanol–water partition coefficient (Wildman–Crippen LogP) is 2.72. The van der Waals surface area contributed by atoms with Gasteiger partial charge >= 0.3 is 0 Å². The van der Waals surface area contributed by atoms with E-state index in [0.29, 0.717) is 6.04 Å². The zero-order valence-corrected chi connectivity index (χ0v) is 11.8. The molecule has 19 heavy (non-hydrogen) atoms. The summed E-state index contributed by atoms with van der Waals surface area (Å²) in [6.07, 6.45) is 4.10. The molecule has 0 aliphatic carbocycles. The van der Waals surface area contributed by atoms with Gasteiger partial charge in [0.25, 0.3) is 0 Å². The highest BCUT2D eigenvalue weighted by Crippen LogP contribution is 2.31. The predicted molar refractivity (Wildman–Crippen MR) is 77.5 cm³/mol. The minimum Gasteiger partial charge on any atom is -0.494 e. The Morgan fingerprint density at radius 1 is 1.26 bits per heavy atom. The highest BCUT2D eigenvalue weighted by atomic mass is 16.5. The highest BCUT2D eigenvalue weighted by molar-refractivity contribution is 5.39. The topological polar surface area (TPSA) is 24.5 Å². The number of nitrogens with zero attached hydrogens (tertiary/aromatic N) is 1. The van der Waals surface area contributed by atoms with Crippen molar-refractivity contribution in [1.29, 1.82) is 0 Å². The van der Waals surface area contributed by atoms with E-state index >= 15 is 0 Å². The van der Waals surface area contributed by atoms with Crippen LogP contribution in [-0.4, -0.2) is 31.1 Å². The van der Waals surface area contributed by atoms with E-state index in [1.54, 1.807) is 0 Å². The molecule has 3 heteroatoms. The summed E-state index contributed by atoms with van der Waals surface area (Å²) >= 11 is 0. The van der Waals surface area contributed by atoms with Crippen LogP contribution in [0.2, 0.25) is 0 Å². The number of rotatable bonds is 3. The normalized spacial score (nSPS) is 23.9. The summed E-state index contributed by atoms with van der Waals surface area (Å²) in [5.41, 5.74) is 2.91. The van der Waals surface area contributed by atoms with E-state index in [0.717, 1.165) is 25.4 Å². The van der Waals surface area contributed by atoms with Gasteiger partial charge in [-0.3, -0.25) is 4.90 Å². The first-order chi connectivity index (χ1) is 9.38. The number of hydrogen-bond acceptors (Lipinski definition) is 3. The third kappa shape index (κ3) is 2.77. The molecule has 1 aromatic carbocycles. The first-order valence-electron chi connectivity index (χ1n) is 7.59. The van der Waals surface area contributed by atoms with Gasteiger partial charge in [0.2, 0.25) is 0 Å². The van der Waals surface area contributed by atoms with Crippen molar-refractivity contribution in [3.8, 4) is 5.75 Å². The second kappa shape index (κ2) is 5.93. The molecule has 0 bridgehead atoms. The molecule has 0 unspecified atom stereocenters. The average Bonchev–Trinajstić information content (AvgIpc) is 2.48. The van der Waals surface area contributed by atoms with Gasteiger partial charge in [0.15, 0.2) is 0 Å². The molecule has 1 N–H and O–H groups in total. The zero-order valence-electron chi connectivity index (χ0n) is 11.8. The number of fused-ring (bicyclic) bond motifs is 1. The lowest BCUT2D eigenvalue weighted by Gasteiger charge is -2.38. The largest absolute Gasteiger partial charge is 0.494 e. The van der Waals surface area contributed by atoms with Crippen LogP contribution in [0.1, 0.15) is 43.4 Å². The van der Waals surface area contributed by atoms with Gasteiger partial charge < -0.3 is 10.1 Å². The third-order valence-corrected chi connectivity index (χ3v) is 4.27. The summed E-state index contributed by atoms with van der Waals surface area (Å²) < 4.78 is 5.61. The van der Waals surface area contributed by atoms with Crippen molar-refractivity contribution in [1.82, 2.24) is 10.2 Å². The molecule has 1 aromatic rings. The molecule has 2 aliphatic heterocycles. The van der Waals surface area contributed by atoms with Crippen LogP contribution in [0, 0.1) is 0 Å². The van der Waals surface area contributed by atoms with Crippen molar-refractivity contribution in [2.45, 2.75) is 38.8 Å². The Kier molecular flexibility index (Phi) is 4.04. The van der Waals surface area contributed by atoms with Gasteiger partial charge in [-0.1, -0.05) is 12.5 Å². The second-order valence-electron chi connectivity index (χ2n) is 5.54. The molecule has 0 amide bonds. The van der Waals surface area contributed by atoms with Crippen LogP contribution in [0.3, 0.4) is 0 Å². The fourth-order valence-corrected chi connectivity index (χ4v) is 3.33. The standard InChI is InChI=1S/C16H24N2O/c1-2-19-14-6-7-15-13(10-14)11-17-12-16(15)18-8-4-3-5-9-18/h6-7,10,16-17H,2-5,8-9,11-12H2,1H3/t16-/m1/s1. The van der Waals surface area contributed by atoms with Crippen LogP contribution in [0.15, 0.2) is 18.2 Å². The van der Waals surface area contributed by atoms with Crippen molar-refractivity contribution in [3.63, 3.8) is 0 Å². The number of hydrogen-bond donors (Lipinski definition) is 1. The van der Waals surface area contributed by atoms with Gasteiger partial charge in [-0.15, -0.1) is 0 Å². The minimum atomic E-state index is 0.555. The summed E-state index contributed by atoms with van der Waals surface area (Å²) in [5, 5.41) is 3.56. The van der Waals surface area contributed by atoms with Gasteiger partial charge in [0.05, 0.1) is 6.61 Å². The smallest absolute Gasteiger partial charge is 0.119 e. The second-order valence-corrected chi connectivity index (χ2v) is 5.54. The summed E-state index contributed by atoms with van der Waals surface area (Å²) in [5.74, 6) is 1.00. The Morgan fingerprint density at radius 3 is 2.89 bits per heavy atom.